The lowest BCUT2D eigenvalue weighted by Gasteiger charge is -2.37. The van der Waals surface area contributed by atoms with E-state index in [4.69, 9.17) is 18.9 Å². The number of pyridine rings is 1. The van der Waals surface area contributed by atoms with Crippen molar-refractivity contribution in [3.05, 3.63) is 53.8 Å². The van der Waals surface area contributed by atoms with Crippen molar-refractivity contribution in [2.45, 2.75) is 25.6 Å². The molecule has 28 heavy (non-hydrogen) atoms. The Morgan fingerprint density at radius 3 is 2.54 bits per heavy atom. The summed E-state index contributed by atoms with van der Waals surface area (Å²) in [5.74, 6) is 1.00. The van der Waals surface area contributed by atoms with Gasteiger partial charge >= 0.3 is 0 Å². The van der Waals surface area contributed by atoms with E-state index in [-0.39, 0.29) is 5.91 Å². The van der Waals surface area contributed by atoms with Crippen molar-refractivity contribution >= 4 is 16.8 Å². The Balaban J connectivity index is 1.50. The molecule has 0 N–H and O–H groups in total. The molecule has 1 aromatic carbocycles. The molecule has 2 aliphatic heterocycles. The molecule has 0 radical (unpaired) electrons. The van der Waals surface area contributed by atoms with E-state index < -0.39 is 5.79 Å². The number of nitrogens with zero attached hydrogens (tertiary/aromatic N) is 2. The number of rotatable bonds is 2. The van der Waals surface area contributed by atoms with Gasteiger partial charge in [0.1, 0.15) is 11.5 Å². The lowest BCUT2D eigenvalue weighted by Crippen LogP contribution is -2.47. The van der Waals surface area contributed by atoms with Crippen LogP contribution in [0.5, 0.6) is 0 Å². The molecule has 0 saturated carbocycles. The van der Waals surface area contributed by atoms with Gasteiger partial charge in [-0.1, -0.05) is 18.2 Å². The van der Waals surface area contributed by atoms with Gasteiger partial charge in [0.2, 0.25) is 0 Å². The maximum Gasteiger partial charge on any atom is 0.254 e. The standard InChI is InChI=1S/C22H22N2O4/c1-15-6-7-20(28-15)19-14-17(16-4-2-3-5-18(16)23-19)21(25)24-10-8-22(9-11-24)26-12-13-27-22/h2-7,14H,8-13H2,1H3. The lowest BCUT2D eigenvalue weighted by atomic mass is 10.0. The van der Waals surface area contributed by atoms with Crippen LogP contribution in [0.15, 0.2) is 46.9 Å². The number of likely N-dealkylation sites (tertiary alicyclic amines) is 1. The summed E-state index contributed by atoms with van der Waals surface area (Å²) in [6.07, 6.45) is 1.40. The number of benzene rings is 1. The van der Waals surface area contributed by atoms with Gasteiger partial charge in [-0.05, 0) is 31.2 Å². The summed E-state index contributed by atoms with van der Waals surface area (Å²) in [4.78, 5) is 20.0. The Labute approximate surface area is 163 Å². The molecule has 4 heterocycles. The molecule has 6 nitrogen and oxygen atoms in total. The van der Waals surface area contributed by atoms with Crippen LogP contribution < -0.4 is 0 Å². The number of fused-ring (bicyclic) bond motifs is 1. The van der Waals surface area contributed by atoms with Crippen molar-refractivity contribution in [3.8, 4) is 11.5 Å². The first-order valence-electron chi connectivity index (χ1n) is 9.67. The first kappa shape index (κ1) is 17.4. The molecular weight excluding hydrogens is 356 g/mol. The number of aryl methyl sites for hydroxylation is 1. The van der Waals surface area contributed by atoms with Crippen molar-refractivity contribution in [1.29, 1.82) is 0 Å². The smallest absolute Gasteiger partial charge is 0.254 e. The summed E-state index contributed by atoms with van der Waals surface area (Å²) in [5.41, 5.74) is 2.11. The van der Waals surface area contributed by atoms with Gasteiger partial charge in [0, 0.05) is 31.3 Å². The highest BCUT2D eigenvalue weighted by Gasteiger charge is 2.41. The molecule has 2 saturated heterocycles. The maximum atomic E-state index is 13.4. The van der Waals surface area contributed by atoms with Gasteiger partial charge in [-0.2, -0.15) is 0 Å². The summed E-state index contributed by atoms with van der Waals surface area (Å²) in [6.45, 7) is 4.40. The highest BCUT2D eigenvalue weighted by molar-refractivity contribution is 6.07. The van der Waals surface area contributed by atoms with Crippen molar-refractivity contribution in [3.63, 3.8) is 0 Å². The van der Waals surface area contributed by atoms with Crippen LogP contribution in [0.3, 0.4) is 0 Å². The molecule has 2 aromatic heterocycles. The van der Waals surface area contributed by atoms with Crippen LogP contribution in [-0.4, -0.2) is 47.9 Å². The molecule has 2 fully saturated rings. The molecule has 5 rings (SSSR count). The van der Waals surface area contributed by atoms with E-state index in [0.717, 1.165) is 16.7 Å². The predicted octanol–water partition coefficient (Wildman–Crippen LogP) is 3.78. The van der Waals surface area contributed by atoms with Crippen LogP contribution >= 0.6 is 0 Å². The summed E-state index contributed by atoms with van der Waals surface area (Å²) in [5, 5.41) is 0.855. The second kappa shape index (κ2) is 6.72. The van der Waals surface area contributed by atoms with Crippen LogP contribution in [0.25, 0.3) is 22.4 Å². The van der Waals surface area contributed by atoms with E-state index in [2.05, 4.69) is 0 Å². The van der Waals surface area contributed by atoms with Gasteiger partial charge in [0.15, 0.2) is 11.5 Å². The fraction of sp³-hybridized carbons (Fsp3) is 0.364. The first-order chi connectivity index (χ1) is 13.6. The number of piperidine rings is 1. The third-order valence-electron chi connectivity index (χ3n) is 5.57. The van der Waals surface area contributed by atoms with Crippen molar-refractivity contribution in [2.75, 3.05) is 26.3 Å². The number of hydrogen-bond acceptors (Lipinski definition) is 5. The Morgan fingerprint density at radius 2 is 1.82 bits per heavy atom. The number of carbonyl (C=O) groups excluding carboxylic acids is 1. The van der Waals surface area contributed by atoms with Gasteiger partial charge in [0.25, 0.3) is 5.91 Å². The SMILES string of the molecule is Cc1ccc(-c2cc(C(=O)N3CCC4(CC3)OCCO4)c3ccccc3n2)o1. The van der Waals surface area contributed by atoms with Gasteiger partial charge in [-0.15, -0.1) is 0 Å². The van der Waals surface area contributed by atoms with Crippen molar-refractivity contribution < 1.29 is 18.7 Å². The highest BCUT2D eigenvalue weighted by Crippen LogP contribution is 2.33. The van der Waals surface area contributed by atoms with Crippen LogP contribution in [0.2, 0.25) is 0 Å². The van der Waals surface area contributed by atoms with Crippen molar-refractivity contribution in [1.82, 2.24) is 9.88 Å². The number of hydrogen-bond donors (Lipinski definition) is 0. The van der Waals surface area contributed by atoms with E-state index in [1.165, 1.54) is 0 Å². The van der Waals surface area contributed by atoms with Crippen LogP contribution in [0.1, 0.15) is 29.0 Å². The number of aromatic nitrogens is 1. The Morgan fingerprint density at radius 1 is 1.07 bits per heavy atom. The number of furan rings is 1. The zero-order chi connectivity index (χ0) is 19.1. The van der Waals surface area contributed by atoms with E-state index >= 15 is 0 Å². The van der Waals surface area contributed by atoms with E-state index in [1.807, 2.05) is 54.3 Å². The third kappa shape index (κ3) is 2.99. The summed E-state index contributed by atoms with van der Waals surface area (Å²) < 4.78 is 17.3. The van der Waals surface area contributed by atoms with Gasteiger partial charge in [0.05, 0.1) is 24.3 Å². The second-order valence-corrected chi connectivity index (χ2v) is 7.38. The zero-order valence-electron chi connectivity index (χ0n) is 15.8. The summed E-state index contributed by atoms with van der Waals surface area (Å²) in [6, 6.07) is 13.4. The predicted molar refractivity (Wildman–Crippen MR) is 104 cm³/mol. The molecule has 2 aliphatic rings. The molecule has 6 heteroatoms. The van der Waals surface area contributed by atoms with Gasteiger partial charge in [-0.3, -0.25) is 4.79 Å². The fourth-order valence-electron chi connectivity index (χ4n) is 4.06. The van der Waals surface area contributed by atoms with Crippen LogP contribution in [-0.2, 0) is 9.47 Å². The Kier molecular flexibility index (Phi) is 4.18. The Hall–Kier alpha value is -2.70. The number of ether oxygens (including phenoxy) is 2. The molecule has 0 unspecified atom stereocenters. The van der Waals surface area contributed by atoms with Gasteiger partial charge < -0.3 is 18.8 Å². The summed E-state index contributed by atoms with van der Waals surface area (Å²) >= 11 is 0. The number of carbonyl (C=O) groups is 1. The number of para-hydroxylation sites is 1. The quantitative estimate of drug-likeness (QED) is 0.679. The van der Waals surface area contributed by atoms with E-state index in [0.29, 0.717) is 56.2 Å². The normalized spacial score (nSPS) is 18.8. The Bertz CT molecular complexity index is 1030. The molecule has 0 aliphatic carbocycles. The minimum Gasteiger partial charge on any atom is -0.460 e. The second-order valence-electron chi connectivity index (χ2n) is 7.38. The lowest BCUT2D eigenvalue weighted by molar-refractivity contribution is -0.181. The molecule has 1 spiro atoms. The molecular formula is C22H22N2O4. The van der Waals surface area contributed by atoms with Crippen molar-refractivity contribution in [2.24, 2.45) is 0 Å². The van der Waals surface area contributed by atoms with Gasteiger partial charge in [-0.25, -0.2) is 4.98 Å². The zero-order valence-corrected chi connectivity index (χ0v) is 15.8. The summed E-state index contributed by atoms with van der Waals surface area (Å²) in [7, 11) is 0. The topological polar surface area (TPSA) is 64.8 Å². The maximum absolute atomic E-state index is 13.4. The largest absolute Gasteiger partial charge is 0.460 e. The average Bonchev–Trinajstić information content (AvgIpc) is 3.36. The molecule has 1 amide bonds. The van der Waals surface area contributed by atoms with Crippen LogP contribution in [0, 0.1) is 6.92 Å². The monoisotopic (exact) mass is 378 g/mol. The van der Waals surface area contributed by atoms with E-state index in [9.17, 15) is 4.79 Å². The highest BCUT2D eigenvalue weighted by atomic mass is 16.7. The van der Waals surface area contributed by atoms with E-state index in [1.54, 1.807) is 0 Å². The minimum atomic E-state index is -0.492. The minimum absolute atomic E-state index is 0.0102. The molecule has 3 aromatic rings. The average molecular weight is 378 g/mol. The third-order valence-corrected chi connectivity index (χ3v) is 5.57. The fourth-order valence-corrected chi connectivity index (χ4v) is 4.06. The number of amides is 1. The molecule has 0 atom stereocenters. The molecule has 144 valence electrons. The molecule has 0 bridgehead atoms. The van der Waals surface area contributed by atoms with Crippen LogP contribution in [0.4, 0.5) is 0 Å². The first-order valence-corrected chi connectivity index (χ1v) is 9.67.